The molecule has 0 saturated carbocycles. The Morgan fingerprint density at radius 3 is 2.78 bits per heavy atom. The first kappa shape index (κ1) is 18.6. The van der Waals surface area contributed by atoms with Crippen LogP contribution in [0.15, 0.2) is 48.5 Å². The SMILES string of the molecule is CCOc1ccc(/C=C/C(=O)OCC2COc3ccccc3O2)cc1OC. The lowest BCUT2D eigenvalue weighted by Crippen LogP contribution is -2.34. The van der Waals surface area contributed by atoms with E-state index in [2.05, 4.69) is 0 Å². The average molecular weight is 370 g/mol. The van der Waals surface area contributed by atoms with E-state index in [1.165, 1.54) is 6.08 Å². The van der Waals surface area contributed by atoms with Crippen LogP contribution in [0.4, 0.5) is 0 Å². The first-order valence-corrected chi connectivity index (χ1v) is 8.73. The molecule has 0 amide bonds. The Balaban J connectivity index is 1.52. The van der Waals surface area contributed by atoms with E-state index in [0.717, 1.165) is 5.56 Å². The van der Waals surface area contributed by atoms with Gasteiger partial charge in [0.05, 0.1) is 13.7 Å². The molecule has 142 valence electrons. The lowest BCUT2D eigenvalue weighted by atomic mass is 10.2. The van der Waals surface area contributed by atoms with Crippen LogP contribution in [-0.4, -0.2) is 39.0 Å². The molecule has 2 aromatic carbocycles. The molecule has 0 aliphatic carbocycles. The topological polar surface area (TPSA) is 63.2 Å². The highest BCUT2D eigenvalue weighted by molar-refractivity contribution is 5.87. The van der Waals surface area contributed by atoms with Crippen LogP contribution in [0.2, 0.25) is 0 Å². The summed E-state index contributed by atoms with van der Waals surface area (Å²) in [4.78, 5) is 12.0. The van der Waals surface area contributed by atoms with Crippen molar-refractivity contribution in [1.82, 2.24) is 0 Å². The van der Waals surface area contributed by atoms with Gasteiger partial charge in [0.1, 0.15) is 13.2 Å². The molecule has 1 atom stereocenters. The molecule has 27 heavy (non-hydrogen) atoms. The molecule has 1 aliphatic rings. The molecular weight excluding hydrogens is 348 g/mol. The predicted molar refractivity (Wildman–Crippen MR) is 101 cm³/mol. The molecule has 0 bridgehead atoms. The first-order valence-electron chi connectivity index (χ1n) is 8.73. The Labute approximate surface area is 158 Å². The summed E-state index contributed by atoms with van der Waals surface area (Å²) in [7, 11) is 1.57. The Kier molecular flexibility index (Phi) is 6.20. The van der Waals surface area contributed by atoms with Gasteiger partial charge in [-0.2, -0.15) is 0 Å². The molecule has 0 fully saturated rings. The molecule has 2 aromatic rings. The first-order chi connectivity index (χ1) is 13.2. The molecule has 0 radical (unpaired) electrons. The van der Waals surface area contributed by atoms with Crippen LogP contribution in [0.3, 0.4) is 0 Å². The average Bonchev–Trinajstić information content (AvgIpc) is 2.71. The minimum Gasteiger partial charge on any atom is -0.493 e. The summed E-state index contributed by atoms with van der Waals surface area (Å²) in [5.41, 5.74) is 0.804. The molecule has 0 N–H and O–H groups in total. The third-order valence-electron chi connectivity index (χ3n) is 3.88. The zero-order valence-electron chi connectivity index (χ0n) is 15.3. The zero-order chi connectivity index (χ0) is 19.1. The largest absolute Gasteiger partial charge is 0.493 e. The minimum atomic E-state index is -0.453. The Morgan fingerprint density at radius 2 is 2.00 bits per heavy atom. The van der Waals surface area contributed by atoms with Gasteiger partial charge >= 0.3 is 5.97 Å². The van der Waals surface area contributed by atoms with E-state index in [1.54, 1.807) is 25.3 Å². The van der Waals surface area contributed by atoms with Gasteiger partial charge in [0, 0.05) is 6.08 Å². The van der Waals surface area contributed by atoms with E-state index in [-0.39, 0.29) is 12.7 Å². The third-order valence-corrected chi connectivity index (χ3v) is 3.88. The van der Waals surface area contributed by atoms with Gasteiger partial charge in [0.15, 0.2) is 29.1 Å². The monoisotopic (exact) mass is 370 g/mol. The summed E-state index contributed by atoms with van der Waals surface area (Å²) in [5.74, 6) is 2.17. The van der Waals surface area contributed by atoms with Gasteiger partial charge in [-0.1, -0.05) is 18.2 Å². The molecule has 0 spiro atoms. The number of carbonyl (C=O) groups excluding carboxylic acids is 1. The van der Waals surface area contributed by atoms with Crippen molar-refractivity contribution in [3.63, 3.8) is 0 Å². The maximum absolute atomic E-state index is 12.0. The number of hydrogen-bond donors (Lipinski definition) is 0. The number of benzene rings is 2. The van der Waals surface area contributed by atoms with Crippen molar-refractivity contribution in [3.05, 3.63) is 54.1 Å². The van der Waals surface area contributed by atoms with Gasteiger partial charge in [0.2, 0.25) is 0 Å². The van der Waals surface area contributed by atoms with Gasteiger partial charge < -0.3 is 23.7 Å². The molecule has 3 rings (SSSR count). The number of ether oxygens (including phenoxy) is 5. The number of methoxy groups -OCH3 is 1. The molecule has 0 saturated heterocycles. The summed E-state index contributed by atoms with van der Waals surface area (Å²) in [6.45, 7) is 2.91. The van der Waals surface area contributed by atoms with E-state index in [1.807, 2.05) is 37.3 Å². The second-order valence-electron chi connectivity index (χ2n) is 5.80. The number of hydrogen-bond acceptors (Lipinski definition) is 6. The standard InChI is InChI=1S/C21H22O6/c1-3-24-18-10-8-15(12-20(18)23-2)9-11-21(22)26-14-16-13-25-17-6-4-5-7-19(17)27-16/h4-12,16H,3,13-14H2,1-2H3/b11-9+. The fourth-order valence-corrected chi connectivity index (χ4v) is 2.60. The van der Waals surface area contributed by atoms with Gasteiger partial charge in [-0.15, -0.1) is 0 Å². The molecule has 0 aromatic heterocycles. The van der Waals surface area contributed by atoms with Gasteiger partial charge in [-0.05, 0) is 42.8 Å². The van der Waals surface area contributed by atoms with Crippen LogP contribution < -0.4 is 18.9 Å². The Hall–Kier alpha value is -3.15. The van der Waals surface area contributed by atoms with Crippen molar-refractivity contribution in [1.29, 1.82) is 0 Å². The zero-order valence-corrected chi connectivity index (χ0v) is 15.3. The van der Waals surface area contributed by atoms with Gasteiger partial charge in [0.25, 0.3) is 0 Å². The minimum absolute atomic E-state index is 0.115. The summed E-state index contributed by atoms with van der Waals surface area (Å²) in [6.07, 6.45) is 2.70. The van der Waals surface area contributed by atoms with Gasteiger partial charge in [-0.25, -0.2) is 4.79 Å². The lowest BCUT2D eigenvalue weighted by molar-refractivity contribution is -0.140. The summed E-state index contributed by atoms with van der Waals surface area (Å²) < 4.78 is 27.4. The summed E-state index contributed by atoms with van der Waals surface area (Å²) in [5, 5.41) is 0. The van der Waals surface area contributed by atoms with Crippen molar-refractivity contribution in [2.75, 3.05) is 26.9 Å². The number of para-hydroxylation sites is 2. The molecule has 1 unspecified atom stereocenters. The molecule has 1 heterocycles. The normalized spacial score (nSPS) is 15.4. The van der Waals surface area contributed by atoms with Crippen LogP contribution in [-0.2, 0) is 9.53 Å². The maximum Gasteiger partial charge on any atom is 0.330 e. The highest BCUT2D eigenvalue weighted by Crippen LogP contribution is 2.31. The second kappa shape index (κ2) is 8.98. The Morgan fingerprint density at radius 1 is 1.19 bits per heavy atom. The van der Waals surface area contributed by atoms with Crippen LogP contribution in [0, 0.1) is 0 Å². The van der Waals surface area contributed by atoms with E-state index in [4.69, 9.17) is 23.7 Å². The molecule has 6 heteroatoms. The van der Waals surface area contributed by atoms with Crippen molar-refractivity contribution in [3.8, 4) is 23.0 Å². The maximum atomic E-state index is 12.0. The highest BCUT2D eigenvalue weighted by atomic mass is 16.6. The van der Waals surface area contributed by atoms with E-state index in [0.29, 0.717) is 36.2 Å². The lowest BCUT2D eigenvalue weighted by Gasteiger charge is -2.25. The number of rotatable bonds is 7. The van der Waals surface area contributed by atoms with Gasteiger partial charge in [-0.3, -0.25) is 0 Å². The van der Waals surface area contributed by atoms with Crippen LogP contribution in [0.1, 0.15) is 12.5 Å². The summed E-state index contributed by atoms with van der Waals surface area (Å²) >= 11 is 0. The van der Waals surface area contributed by atoms with Crippen molar-refractivity contribution in [2.45, 2.75) is 13.0 Å². The van der Waals surface area contributed by atoms with Crippen LogP contribution in [0.5, 0.6) is 23.0 Å². The van der Waals surface area contributed by atoms with E-state index in [9.17, 15) is 4.79 Å². The van der Waals surface area contributed by atoms with Crippen molar-refractivity contribution >= 4 is 12.0 Å². The quantitative estimate of drug-likeness (QED) is 0.549. The highest BCUT2D eigenvalue weighted by Gasteiger charge is 2.21. The fraction of sp³-hybridized carbons (Fsp3) is 0.286. The third kappa shape index (κ3) is 4.94. The van der Waals surface area contributed by atoms with Crippen LogP contribution in [0.25, 0.3) is 6.08 Å². The smallest absolute Gasteiger partial charge is 0.330 e. The second-order valence-corrected chi connectivity index (χ2v) is 5.80. The number of fused-ring (bicyclic) bond motifs is 1. The van der Waals surface area contributed by atoms with E-state index < -0.39 is 5.97 Å². The molecule has 6 nitrogen and oxygen atoms in total. The molecular formula is C21H22O6. The molecule has 1 aliphatic heterocycles. The number of esters is 1. The fourth-order valence-electron chi connectivity index (χ4n) is 2.60. The predicted octanol–water partition coefficient (Wildman–Crippen LogP) is 3.49. The van der Waals surface area contributed by atoms with Crippen molar-refractivity contribution in [2.24, 2.45) is 0 Å². The van der Waals surface area contributed by atoms with E-state index >= 15 is 0 Å². The number of carbonyl (C=O) groups is 1. The summed E-state index contributed by atoms with van der Waals surface area (Å²) in [6, 6.07) is 12.8. The Bertz CT molecular complexity index is 814. The van der Waals surface area contributed by atoms with Crippen LogP contribution >= 0.6 is 0 Å². The van der Waals surface area contributed by atoms with Crippen molar-refractivity contribution < 1.29 is 28.5 Å².